The number of carbonyl (C=O) groups excluding carboxylic acids is 2. The van der Waals surface area contributed by atoms with E-state index in [0.717, 1.165) is 10.5 Å². The second-order valence-corrected chi connectivity index (χ2v) is 5.87. The molecule has 0 aliphatic carbocycles. The summed E-state index contributed by atoms with van der Waals surface area (Å²) in [5, 5.41) is 0.337. The number of aliphatic imine (C=N–C) groups is 1. The fourth-order valence-corrected chi connectivity index (χ4v) is 2.89. The maximum atomic E-state index is 12.5. The maximum Gasteiger partial charge on any atom is 0.331 e. The second-order valence-electron chi connectivity index (χ2n) is 5.51. The lowest BCUT2D eigenvalue weighted by Crippen LogP contribution is -2.62. The smallest absolute Gasteiger partial charge is 0.324 e. The molecule has 22 heavy (non-hydrogen) atoms. The van der Waals surface area contributed by atoms with Crippen molar-refractivity contribution in [3.8, 4) is 0 Å². The minimum Gasteiger partial charge on any atom is -0.324 e. The molecule has 6 nitrogen and oxygen atoms in total. The Morgan fingerprint density at radius 2 is 1.77 bits per heavy atom. The van der Waals surface area contributed by atoms with E-state index < -0.39 is 6.04 Å². The summed E-state index contributed by atoms with van der Waals surface area (Å²) in [7, 11) is 3.08. The molecule has 1 atom stereocenters. The van der Waals surface area contributed by atoms with Crippen molar-refractivity contribution in [1.29, 1.82) is 0 Å². The van der Waals surface area contributed by atoms with Crippen molar-refractivity contribution in [3.05, 3.63) is 35.4 Å². The van der Waals surface area contributed by atoms with Crippen LogP contribution in [0.3, 0.4) is 0 Å². The van der Waals surface area contributed by atoms with E-state index in [1.165, 1.54) is 17.5 Å². The number of hydrogen-bond donors (Lipinski definition) is 0. The van der Waals surface area contributed by atoms with Gasteiger partial charge < -0.3 is 4.90 Å². The topological polar surface area (TPSA) is 56.2 Å². The number of thiocarbonyl (C=S) groups is 1. The van der Waals surface area contributed by atoms with Crippen molar-refractivity contribution in [2.45, 2.75) is 19.5 Å². The third-order valence-corrected chi connectivity index (χ3v) is 4.29. The van der Waals surface area contributed by atoms with Crippen LogP contribution in [0.15, 0.2) is 29.3 Å². The van der Waals surface area contributed by atoms with Gasteiger partial charge in [0.15, 0.2) is 11.2 Å². The van der Waals surface area contributed by atoms with E-state index >= 15 is 0 Å². The van der Waals surface area contributed by atoms with Crippen molar-refractivity contribution in [3.63, 3.8) is 0 Å². The zero-order chi connectivity index (χ0) is 16.0. The van der Waals surface area contributed by atoms with Crippen LogP contribution in [0.4, 0.5) is 4.79 Å². The van der Waals surface area contributed by atoms with Gasteiger partial charge in [-0.15, -0.1) is 0 Å². The van der Waals surface area contributed by atoms with Crippen LogP contribution >= 0.6 is 12.2 Å². The lowest BCUT2D eigenvalue weighted by Gasteiger charge is -2.36. The van der Waals surface area contributed by atoms with Crippen LogP contribution in [0.1, 0.15) is 11.1 Å². The molecule has 1 saturated heterocycles. The minimum atomic E-state index is -0.624. The minimum absolute atomic E-state index is 0.297. The number of nitrogens with zero attached hydrogens (tertiary/aromatic N) is 4. The average molecular weight is 316 g/mol. The number of fused-ring (bicyclic) bond motifs is 1. The van der Waals surface area contributed by atoms with Crippen LogP contribution in [0.5, 0.6) is 0 Å². The standard InChI is InChI=1S/C15H16N4O2S/c1-9-4-6-10(7-5-9)8-19-11-12(16-14(19)22)17(2)15(21)18(3)13(11)20/h4-7,11H,8H2,1-3H3. The lowest BCUT2D eigenvalue weighted by atomic mass is 10.1. The number of hydrogen-bond acceptors (Lipinski definition) is 3. The first-order valence-electron chi connectivity index (χ1n) is 6.90. The molecule has 0 aromatic heterocycles. The Kier molecular flexibility index (Phi) is 3.44. The van der Waals surface area contributed by atoms with E-state index in [-0.39, 0.29) is 11.9 Å². The van der Waals surface area contributed by atoms with Gasteiger partial charge in [0.2, 0.25) is 0 Å². The summed E-state index contributed by atoms with van der Waals surface area (Å²) in [5.74, 6) is 0.110. The normalized spacial score (nSPS) is 21.4. The molecule has 2 aliphatic rings. The van der Waals surface area contributed by atoms with Gasteiger partial charge in [-0.1, -0.05) is 29.8 Å². The number of amidine groups is 1. The molecule has 1 aromatic rings. The van der Waals surface area contributed by atoms with Gasteiger partial charge in [-0.25, -0.2) is 9.79 Å². The fourth-order valence-electron chi connectivity index (χ4n) is 2.63. The number of likely N-dealkylation sites (N-methyl/N-ethyl adjacent to an activating group) is 2. The Balaban J connectivity index is 1.91. The predicted octanol–water partition coefficient (Wildman–Crippen LogP) is 1.39. The molecule has 0 radical (unpaired) electrons. The first kappa shape index (κ1) is 14.6. The largest absolute Gasteiger partial charge is 0.331 e. The molecular formula is C15H16N4O2S. The molecule has 7 heteroatoms. The molecule has 2 heterocycles. The molecule has 114 valence electrons. The third-order valence-electron chi connectivity index (χ3n) is 3.97. The van der Waals surface area contributed by atoms with E-state index in [4.69, 9.17) is 12.2 Å². The van der Waals surface area contributed by atoms with Gasteiger partial charge in [-0.3, -0.25) is 14.6 Å². The van der Waals surface area contributed by atoms with Crippen LogP contribution in [0.2, 0.25) is 0 Å². The number of aryl methyl sites for hydroxylation is 1. The Morgan fingerprint density at radius 1 is 1.14 bits per heavy atom. The number of urea groups is 1. The molecular weight excluding hydrogens is 300 g/mol. The van der Waals surface area contributed by atoms with Crippen LogP contribution in [-0.2, 0) is 11.3 Å². The van der Waals surface area contributed by atoms with Crippen LogP contribution in [-0.4, -0.2) is 57.7 Å². The molecule has 3 rings (SSSR count). The van der Waals surface area contributed by atoms with E-state index in [2.05, 4.69) is 4.99 Å². The molecule has 1 unspecified atom stereocenters. The molecule has 2 aliphatic heterocycles. The number of carbonyl (C=O) groups is 2. The highest BCUT2D eigenvalue weighted by Gasteiger charge is 2.48. The van der Waals surface area contributed by atoms with Crippen molar-refractivity contribution < 1.29 is 9.59 Å². The Morgan fingerprint density at radius 3 is 2.41 bits per heavy atom. The van der Waals surface area contributed by atoms with Gasteiger partial charge in [0.25, 0.3) is 5.91 Å². The third kappa shape index (κ3) is 2.18. The van der Waals surface area contributed by atoms with Gasteiger partial charge >= 0.3 is 6.03 Å². The zero-order valence-electron chi connectivity index (χ0n) is 12.6. The zero-order valence-corrected chi connectivity index (χ0v) is 13.4. The van der Waals surface area contributed by atoms with Crippen molar-refractivity contribution in [2.75, 3.05) is 14.1 Å². The number of imide groups is 1. The van der Waals surface area contributed by atoms with Gasteiger partial charge in [0.05, 0.1) is 0 Å². The van der Waals surface area contributed by atoms with Gasteiger partial charge in [-0.2, -0.15) is 0 Å². The Bertz CT molecular complexity index is 698. The van der Waals surface area contributed by atoms with E-state index in [1.807, 2.05) is 31.2 Å². The summed E-state index contributed by atoms with van der Waals surface area (Å²) in [5.41, 5.74) is 2.21. The highest BCUT2D eigenvalue weighted by molar-refractivity contribution is 7.80. The first-order valence-corrected chi connectivity index (χ1v) is 7.31. The SMILES string of the molecule is Cc1ccc(CN2C(=S)N=C3C2C(=O)N(C)C(=O)N3C)cc1. The average Bonchev–Trinajstić information content (AvgIpc) is 2.82. The molecule has 3 amide bonds. The van der Waals surface area contributed by atoms with E-state index in [1.54, 1.807) is 11.9 Å². The van der Waals surface area contributed by atoms with Crippen LogP contribution in [0.25, 0.3) is 0 Å². The number of amides is 3. The Labute approximate surface area is 134 Å². The molecule has 0 spiro atoms. The predicted molar refractivity (Wildman–Crippen MR) is 86.5 cm³/mol. The summed E-state index contributed by atoms with van der Waals surface area (Å²) >= 11 is 5.29. The number of benzene rings is 1. The highest BCUT2D eigenvalue weighted by Crippen LogP contribution is 2.24. The van der Waals surface area contributed by atoms with E-state index in [9.17, 15) is 9.59 Å². The van der Waals surface area contributed by atoms with E-state index in [0.29, 0.717) is 17.5 Å². The molecule has 0 N–H and O–H groups in total. The van der Waals surface area contributed by atoms with Crippen molar-refractivity contribution in [1.82, 2.24) is 14.7 Å². The first-order chi connectivity index (χ1) is 10.4. The fraction of sp³-hybridized carbons (Fsp3) is 0.333. The highest BCUT2D eigenvalue weighted by atomic mass is 32.1. The van der Waals surface area contributed by atoms with Crippen molar-refractivity contribution in [2.24, 2.45) is 4.99 Å². The summed E-state index contributed by atoms with van der Waals surface area (Å²) < 4.78 is 0. The Hall–Kier alpha value is -2.28. The van der Waals surface area contributed by atoms with Crippen LogP contribution in [0, 0.1) is 6.92 Å². The molecule has 0 bridgehead atoms. The maximum absolute atomic E-state index is 12.5. The molecule has 1 aromatic carbocycles. The van der Waals surface area contributed by atoms with Gasteiger partial charge in [0, 0.05) is 20.6 Å². The van der Waals surface area contributed by atoms with Gasteiger partial charge in [-0.05, 0) is 24.7 Å². The van der Waals surface area contributed by atoms with Crippen molar-refractivity contribution >= 4 is 35.1 Å². The number of rotatable bonds is 2. The lowest BCUT2D eigenvalue weighted by molar-refractivity contribution is -0.130. The molecule has 1 fully saturated rings. The van der Waals surface area contributed by atoms with Gasteiger partial charge in [0.1, 0.15) is 5.84 Å². The summed E-state index contributed by atoms with van der Waals surface area (Å²) in [6, 6.07) is 7.02. The van der Waals surface area contributed by atoms with Crippen LogP contribution < -0.4 is 0 Å². The summed E-state index contributed by atoms with van der Waals surface area (Å²) in [6.45, 7) is 2.50. The quantitative estimate of drug-likeness (QED) is 0.774. The summed E-state index contributed by atoms with van der Waals surface area (Å²) in [4.78, 5) is 32.9. The molecule has 0 saturated carbocycles. The second kappa shape index (κ2) is 5.17. The monoisotopic (exact) mass is 316 g/mol. The summed E-state index contributed by atoms with van der Waals surface area (Å²) in [6.07, 6.45) is 0.